The van der Waals surface area contributed by atoms with Gasteiger partial charge in [0.05, 0.1) is 5.92 Å². The average Bonchev–Trinajstić information content (AvgIpc) is 2.60. The summed E-state index contributed by atoms with van der Waals surface area (Å²) in [4.78, 5) is 14.4. The van der Waals surface area contributed by atoms with Crippen molar-refractivity contribution in [2.75, 3.05) is 25.5 Å². The summed E-state index contributed by atoms with van der Waals surface area (Å²) in [7, 11) is 4.01. The minimum Gasteiger partial charge on any atom is -0.378 e. The van der Waals surface area contributed by atoms with E-state index in [0.29, 0.717) is 13.1 Å². The molecule has 0 bridgehead atoms. The van der Waals surface area contributed by atoms with Crippen molar-refractivity contribution in [2.45, 2.75) is 25.8 Å². The van der Waals surface area contributed by atoms with Gasteiger partial charge >= 0.3 is 0 Å². The van der Waals surface area contributed by atoms with Crippen LogP contribution in [0, 0.1) is 0 Å². The van der Waals surface area contributed by atoms with Crippen molar-refractivity contribution in [3.8, 4) is 0 Å². The highest BCUT2D eigenvalue weighted by atomic mass is 16.1. The van der Waals surface area contributed by atoms with Gasteiger partial charge in [-0.15, -0.1) is 0 Å². The van der Waals surface area contributed by atoms with E-state index in [-0.39, 0.29) is 11.8 Å². The molecule has 0 spiro atoms. The Kier molecular flexibility index (Phi) is 6.38. The van der Waals surface area contributed by atoms with Crippen molar-refractivity contribution >= 4 is 11.6 Å². The minimum absolute atomic E-state index is 0.0404. The number of rotatable bonds is 7. The highest BCUT2D eigenvalue weighted by Gasteiger charge is 2.14. The molecule has 0 fully saturated rings. The molecule has 2 rings (SSSR count). The van der Waals surface area contributed by atoms with E-state index in [0.717, 1.165) is 23.2 Å². The second-order valence-corrected chi connectivity index (χ2v) is 6.28. The Morgan fingerprint density at radius 3 is 2.17 bits per heavy atom. The Labute approximate surface area is 144 Å². The fraction of sp³-hybridized carbons (Fsp3) is 0.350. The number of amides is 1. The Bertz CT molecular complexity index is 648. The molecule has 128 valence electrons. The van der Waals surface area contributed by atoms with Crippen LogP contribution < -0.4 is 16.0 Å². The van der Waals surface area contributed by atoms with Crippen molar-refractivity contribution < 1.29 is 4.79 Å². The molecular formula is C20H27N3O. The molecule has 0 aliphatic rings. The Balaban J connectivity index is 1.91. The number of nitrogens with one attached hydrogen (secondary N) is 1. The molecule has 4 nitrogen and oxygen atoms in total. The van der Waals surface area contributed by atoms with Gasteiger partial charge in [-0.25, -0.2) is 0 Å². The molecule has 0 radical (unpaired) electrons. The molecule has 24 heavy (non-hydrogen) atoms. The summed E-state index contributed by atoms with van der Waals surface area (Å²) >= 11 is 0. The highest BCUT2D eigenvalue weighted by Crippen LogP contribution is 2.19. The molecule has 3 N–H and O–H groups in total. The summed E-state index contributed by atoms with van der Waals surface area (Å²) in [5.41, 5.74) is 10.0. The first-order valence-corrected chi connectivity index (χ1v) is 8.34. The molecule has 0 heterocycles. The standard InChI is InChI=1S/C20H27N3O/c1-15(18-8-10-19(11-9-18)23(2)3)20(24)22-14-17-6-4-16(5-7-17)12-13-21/h4-11,15H,12-14,21H2,1-3H3,(H,22,24). The van der Waals surface area contributed by atoms with Crippen LogP contribution in [-0.2, 0) is 17.8 Å². The van der Waals surface area contributed by atoms with Crippen molar-refractivity contribution in [3.05, 3.63) is 65.2 Å². The van der Waals surface area contributed by atoms with Crippen LogP contribution in [0.25, 0.3) is 0 Å². The lowest BCUT2D eigenvalue weighted by molar-refractivity contribution is -0.122. The Morgan fingerprint density at radius 2 is 1.62 bits per heavy atom. The third kappa shape index (κ3) is 4.83. The summed E-state index contributed by atoms with van der Waals surface area (Å²) in [6.45, 7) is 3.13. The van der Waals surface area contributed by atoms with Gasteiger partial charge in [0.15, 0.2) is 0 Å². The van der Waals surface area contributed by atoms with E-state index in [9.17, 15) is 4.79 Å². The maximum atomic E-state index is 12.4. The highest BCUT2D eigenvalue weighted by molar-refractivity contribution is 5.83. The van der Waals surface area contributed by atoms with Crippen LogP contribution >= 0.6 is 0 Å². The number of nitrogens with two attached hydrogens (primary N) is 1. The first-order chi connectivity index (χ1) is 11.5. The molecular weight excluding hydrogens is 298 g/mol. The van der Waals surface area contributed by atoms with Crippen LogP contribution in [-0.4, -0.2) is 26.5 Å². The van der Waals surface area contributed by atoms with Crippen LogP contribution in [0.1, 0.15) is 29.5 Å². The van der Waals surface area contributed by atoms with Gasteiger partial charge in [0, 0.05) is 26.3 Å². The van der Waals surface area contributed by atoms with Crippen LogP contribution in [0.15, 0.2) is 48.5 Å². The second-order valence-electron chi connectivity index (χ2n) is 6.28. The van der Waals surface area contributed by atoms with Crippen LogP contribution in [0.2, 0.25) is 0 Å². The van der Waals surface area contributed by atoms with E-state index in [1.807, 2.05) is 62.3 Å². The number of hydrogen-bond acceptors (Lipinski definition) is 3. The molecule has 2 aromatic carbocycles. The molecule has 1 unspecified atom stereocenters. The number of anilines is 1. The summed E-state index contributed by atoms with van der Waals surface area (Å²) in [5, 5.41) is 3.01. The number of hydrogen-bond donors (Lipinski definition) is 2. The lowest BCUT2D eigenvalue weighted by Gasteiger charge is -2.16. The zero-order valence-corrected chi connectivity index (χ0v) is 14.8. The van der Waals surface area contributed by atoms with Gasteiger partial charge in [-0.05, 0) is 48.7 Å². The van der Waals surface area contributed by atoms with Gasteiger partial charge in [-0.2, -0.15) is 0 Å². The molecule has 2 aromatic rings. The fourth-order valence-electron chi connectivity index (χ4n) is 2.55. The normalized spacial score (nSPS) is 11.8. The van der Waals surface area contributed by atoms with Gasteiger partial charge < -0.3 is 16.0 Å². The first-order valence-electron chi connectivity index (χ1n) is 8.34. The minimum atomic E-state index is -0.169. The Hall–Kier alpha value is -2.33. The molecule has 0 saturated carbocycles. The maximum absolute atomic E-state index is 12.4. The second kappa shape index (κ2) is 8.50. The quantitative estimate of drug-likeness (QED) is 0.823. The van der Waals surface area contributed by atoms with Gasteiger partial charge in [-0.3, -0.25) is 4.79 Å². The lowest BCUT2D eigenvalue weighted by atomic mass is 10.00. The SMILES string of the molecule is CC(C(=O)NCc1ccc(CCN)cc1)c1ccc(N(C)C)cc1. The molecule has 0 aliphatic heterocycles. The summed E-state index contributed by atoms with van der Waals surface area (Å²) < 4.78 is 0. The molecule has 4 heteroatoms. The smallest absolute Gasteiger partial charge is 0.227 e. The molecule has 0 aliphatic carbocycles. The number of benzene rings is 2. The molecule has 0 aromatic heterocycles. The molecule has 1 atom stereocenters. The summed E-state index contributed by atoms with van der Waals surface area (Å²) in [6, 6.07) is 16.3. The molecule has 1 amide bonds. The fourth-order valence-corrected chi connectivity index (χ4v) is 2.55. The molecule has 0 saturated heterocycles. The number of carbonyl (C=O) groups excluding carboxylic acids is 1. The van der Waals surface area contributed by atoms with E-state index >= 15 is 0 Å². The zero-order chi connectivity index (χ0) is 17.5. The van der Waals surface area contributed by atoms with Crippen molar-refractivity contribution in [1.29, 1.82) is 0 Å². The first kappa shape index (κ1) is 18.0. The van der Waals surface area contributed by atoms with Crippen LogP contribution in [0.4, 0.5) is 5.69 Å². The van der Waals surface area contributed by atoms with Gasteiger partial charge in [-0.1, -0.05) is 36.4 Å². The Morgan fingerprint density at radius 1 is 1.04 bits per heavy atom. The van der Waals surface area contributed by atoms with E-state index in [4.69, 9.17) is 5.73 Å². The predicted molar refractivity (Wildman–Crippen MR) is 100 cm³/mol. The van der Waals surface area contributed by atoms with Gasteiger partial charge in [0.1, 0.15) is 0 Å². The van der Waals surface area contributed by atoms with E-state index in [1.54, 1.807) is 0 Å². The van der Waals surface area contributed by atoms with E-state index in [1.165, 1.54) is 5.56 Å². The zero-order valence-electron chi connectivity index (χ0n) is 14.8. The monoisotopic (exact) mass is 325 g/mol. The third-order valence-corrected chi connectivity index (χ3v) is 4.23. The lowest BCUT2D eigenvalue weighted by Crippen LogP contribution is -2.27. The maximum Gasteiger partial charge on any atom is 0.227 e. The van der Waals surface area contributed by atoms with Crippen molar-refractivity contribution in [2.24, 2.45) is 5.73 Å². The van der Waals surface area contributed by atoms with Crippen LogP contribution in [0.5, 0.6) is 0 Å². The summed E-state index contributed by atoms with van der Waals surface area (Å²) in [6.07, 6.45) is 0.882. The third-order valence-electron chi connectivity index (χ3n) is 4.23. The van der Waals surface area contributed by atoms with Crippen molar-refractivity contribution in [1.82, 2.24) is 5.32 Å². The average molecular weight is 325 g/mol. The number of carbonyl (C=O) groups is 1. The van der Waals surface area contributed by atoms with Gasteiger partial charge in [0.25, 0.3) is 0 Å². The van der Waals surface area contributed by atoms with Crippen LogP contribution in [0.3, 0.4) is 0 Å². The number of nitrogens with zero attached hydrogens (tertiary/aromatic N) is 1. The summed E-state index contributed by atoms with van der Waals surface area (Å²) in [5.74, 6) is -0.128. The van der Waals surface area contributed by atoms with Crippen molar-refractivity contribution in [3.63, 3.8) is 0 Å². The van der Waals surface area contributed by atoms with E-state index < -0.39 is 0 Å². The largest absolute Gasteiger partial charge is 0.378 e. The van der Waals surface area contributed by atoms with Gasteiger partial charge in [0.2, 0.25) is 5.91 Å². The predicted octanol–water partition coefficient (Wildman–Crippen LogP) is 2.67. The topological polar surface area (TPSA) is 58.4 Å². The van der Waals surface area contributed by atoms with E-state index in [2.05, 4.69) is 17.4 Å².